The Labute approximate surface area is 143 Å². The number of aromatic nitrogens is 2. The summed E-state index contributed by atoms with van der Waals surface area (Å²) in [6.45, 7) is 0. The molecule has 0 unspecified atom stereocenters. The molecular weight excluding hydrogens is 310 g/mol. The van der Waals surface area contributed by atoms with E-state index in [-0.39, 0.29) is 5.95 Å². The van der Waals surface area contributed by atoms with Crippen molar-refractivity contribution in [3.63, 3.8) is 0 Å². The Kier molecular flexibility index (Phi) is 2.82. The van der Waals surface area contributed by atoms with E-state index in [9.17, 15) is 0 Å². The van der Waals surface area contributed by atoms with Gasteiger partial charge in [-0.05, 0) is 39.7 Å². The molecule has 1 heterocycles. The fourth-order valence-electron chi connectivity index (χ4n) is 3.65. The molecule has 0 saturated carbocycles. The zero-order chi connectivity index (χ0) is 17.0. The summed E-state index contributed by atoms with van der Waals surface area (Å²) in [7, 11) is 1.68. The summed E-state index contributed by atoms with van der Waals surface area (Å²) in [5.41, 5.74) is 6.75. The third kappa shape index (κ3) is 1.94. The molecule has 4 heteroatoms. The minimum atomic E-state index is 0.282. The predicted octanol–water partition coefficient (Wildman–Crippen LogP) is 4.68. The molecule has 0 bridgehead atoms. The van der Waals surface area contributed by atoms with Crippen molar-refractivity contribution in [3.05, 3.63) is 60.8 Å². The van der Waals surface area contributed by atoms with Gasteiger partial charge in [-0.25, -0.2) is 9.97 Å². The van der Waals surface area contributed by atoms with Gasteiger partial charge in [0, 0.05) is 22.4 Å². The van der Waals surface area contributed by atoms with E-state index in [1.54, 1.807) is 7.11 Å². The van der Waals surface area contributed by atoms with Gasteiger partial charge in [0.2, 0.25) is 5.95 Å². The number of ether oxygens (including phenoxy) is 1. The van der Waals surface area contributed by atoms with Crippen molar-refractivity contribution in [1.29, 1.82) is 0 Å². The highest BCUT2D eigenvalue weighted by molar-refractivity contribution is 6.30. The first kappa shape index (κ1) is 14.0. The molecule has 0 atom stereocenters. The van der Waals surface area contributed by atoms with Crippen molar-refractivity contribution in [1.82, 2.24) is 9.97 Å². The number of methoxy groups -OCH3 is 1. The number of hydrogen-bond donors (Lipinski definition) is 1. The summed E-state index contributed by atoms with van der Waals surface area (Å²) in [5, 5.41) is 7.85. The van der Waals surface area contributed by atoms with E-state index in [0.29, 0.717) is 0 Å². The summed E-state index contributed by atoms with van der Waals surface area (Å²) in [5.74, 6) is 1.10. The molecule has 0 aliphatic carbocycles. The highest BCUT2D eigenvalue weighted by atomic mass is 16.5. The van der Waals surface area contributed by atoms with Crippen LogP contribution in [0.1, 0.15) is 0 Å². The van der Waals surface area contributed by atoms with Crippen molar-refractivity contribution >= 4 is 49.2 Å². The number of rotatable bonds is 1. The minimum Gasteiger partial charge on any atom is -0.497 e. The number of nitrogens with two attached hydrogens (primary N) is 1. The maximum Gasteiger partial charge on any atom is 0.220 e. The Morgan fingerprint density at radius 3 is 2.56 bits per heavy atom. The van der Waals surface area contributed by atoms with Gasteiger partial charge in [0.1, 0.15) is 5.75 Å². The fourth-order valence-corrected chi connectivity index (χ4v) is 3.65. The zero-order valence-corrected chi connectivity index (χ0v) is 13.7. The van der Waals surface area contributed by atoms with Gasteiger partial charge in [-0.2, -0.15) is 0 Å². The number of benzene rings is 4. The zero-order valence-electron chi connectivity index (χ0n) is 13.7. The highest BCUT2D eigenvalue weighted by Crippen LogP contribution is 2.39. The summed E-state index contributed by atoms with van der Waals surface area (Å²) in [6, 6.07) is 18.7. The van der Waals surface area contributed by atoms with Crippen LogP contribution in [-0.4, -0.2) is 17.1 Å². The number of hydrogen-bond acceptors (Lipinski definition) is 4. The molecule has 120 valence electrons. The summed E-state index contributed by atoms with van der Waals surface area (Å²) >= 11 is 0. The lowest BCUT2D eigenvalue weighted by Crippen LogP contribution is -1.96. The second-order valence-electron chi connectivity index (χ2n) is 6.11. The quantitative estimate of drug-likeness (QED) is 0.455. The molecular formula is C21H15N3O. The van der Waals surface area contributed by atoms with Crippen LogP contribution in [0.15, 0.2) is 60.8 Å². The van der Waals surface area contributed by atoms with Crippen LogP contribution in [0.3, 0.4) is 0 Å². The van der Waals surface area contributed by atoms with Crippen molar-refractivity contribution in [3.8, 4) is 5.75 Å². The van der Waals surface area contributed by atoms with Gasteiger partial charge >= 0.3 is 0 Å². The van der Waals surface area contributed by atoms with Gasteiger partial charge in [-0.15, -0.1) is 0 Å². The number of nitrogen functional groups attached to an aromatic ring is 1. The average molecular weight is 325 g/mol. The Bertz CT molecular complexity index is 1290. The second kappa shape index (κ2) is 5.05. The van der Waals surface area contributed by atoms with Crippen molar-refractivity contribution in [2.75, 3.05) is 12.8 Å². The van der Waals surface area contributed by atoms with Crippen LogP contribution >= 0.6 is 0 Å². The first-order chi connectivity index (χ1) is 12.3. The SMILES string of the molecule is COc1ccc2c(c1)c1ccc3ccccc3c1c1cnc(N)nc21. The van der Waals surface area contributed by atoms with Crippen LogP contribution in [0.5, 0.6) is 5.75 Å². The van der Waals surface area contributed by atoms with Gasteiger partial charge in [0.15, 0.2) is 0 Å². The normalized spacial score (nSPS) is 11.6. The lowest BCUT2D eigenvalue weighted by molar-refractivity contribution is 0.415. The van der Waals surface area contributed by atoms with Crippen LogP contribution in [0.25, 0.3) is 43.2 Å². The third-order valence-corrected chi connectivity index (χ3v) is 4.78. The highest BCUT2D eigenvalue weighted by Gasteiger charge is 2.13. The second-order valence-corrected chi connectivity index (χ2v) is 6.11. The van der Waals surface area contributed by atoms with E-state index in [1.807, 2.05) is 18.3 Å². The molecule has 0 aliphatic heterocycles. The van der Waals surface area contributed by atoms with Crippen LogP contribution in [0.2, 0.25) is 0 Å². The van der Waals surface area contributed by atoms with Gasteiger partial charge < -0.3 is 10.5 Å². The Hall–Kier alpha value is -3.40. The first-order valence-corrected chi connectivity index (χ1v) is 8.09. The van der Waals surface area contributed by atoms with E-state index in [2.05, 4.69) is 52.4 Å². The van der Waals surface area contributed by atoms with Crippen molar-refractivity contribution in [2.45, 2.75) is 0 Å². The summed E-state index contributed by atoms with van der Waals surface area (Å²) in [4.78, 5) is 8.79. The van der Waals surface area contributed by atoms with E-state index in [1.165, 1.54) is 10.8 Å². The van der Waals surface area contributed by atoms with E-state index < -0.39 is 0 Å². The van der Waals surface area contributed by atoms with E-state index in [0.717, 1.165) is 38.2 Å². The Morgan fingerprint density at radius 2 is 1.68 bits per heavy atom. The summed E-state index contributed by atoms with van der Waals surface area (Å²) < 4.78 is 5.44. The van der Waals surface area contributed by atoms with Gasteiger partial charge in [-0.1, -0.05) is 36.4 Å². The maximum atomic E-state index is 5.88. The average Bonchev–Trinajstić information content (AvgIpc) is 2.67. The molecule has 1 aromatic heterocycles. The number of fused-ring (bicyclic) bond motifs is 8. The maximum absolute atomic E-state index is 5.88. The molecule has 0 spiro atoms. The minimum absolute atomic E-state index is 0.282. The van der Waals surface area contributed by atoms with Crippen LogP contribution < -0.4 is 10.5 Å². The van der Waals surface area contributed by atoms with E-state index in [4.69, 9.17) is 10.5 Å². The largest absolute Gasteiger partial charge is 0.497 e. The molecule has 5 aromatic rings. The Morgan fingerprint density at radius 1 is 0.840 bits per heavy atom. The number of anilines is 1. The summed E-state index contributed by atoms with van der Waals surface area (Å²) in [6.07, 6.45) is 1.83. The monoisotopic (exact) mass is 325 g/mol. The topological polar surface area (TPSA) is 61.0 Å². The molecule has 0 fully saturated rings. The molecule has 5 rings (SSSR count). The number of nitrogens with zero attached hydrogens (tertiary/aromatic N) is 2. The van der Waals surface area contributed by atoms with Gasteiger partial charge in [-0.3, -0.25) is 0 Å². The lowest BCUT2D eigenvalue weighted by atomic mass is 9.93. The smallest absolute Gasteiger partial charge is 0.220 e. The molecule has 0 amide bonds. The molecule has 25 heavy (non-hydrogen) atoms. The lowest BCUT2D eigenvalue weighted by Gasteiger charge is -2.13. The van der Waals surface area contributed by atoms with Crippen LogP contribution in [0, 0.1) is 0 Å². The van der Waals surface area contributed by atoms with Gasteiger partial charge in [0.05, 0.1) is 12.6 Å². The Balaban J connectivity index is 2.16. The third-order valence-electron chi connectivity index (χ3n) is 4.78. The molecule has 0 radical (unpaired) electrons. The van der Waals surface area contributed by atoms with Crippen LogP contribution in [-0.2, 0) is 0 Å². The van der Waals surface area contributed by atoms with Crippen LogP contribution in [0.4, 0.5) is 5.95 Å². The molecule has 0 aliphatic rings. The fraction of sp³-hybridized carbons (Fsp3) is 0.0476. The molecule has 2 N–H and O–H groups in total. The first-order valence-electron chi connectivity index (χ1n) is 8.09. The molecule has 4 aromatic carbocycles. The standard InChI is InChI=1S/C21H15N3O/c1-25-13-7-9-16-17(10-13)15-8-6-12-4-2-3-5-14(12)19(15)18-11-23-21(22)24-20(16)18/h2-11H,1H3,(H2,22,23,24). The van der Waals surface area contributed by atoms with Crippen molar-refractivity contribution < 1.29 is 4.74 Å². The van der Waals surface area contributed by atoms with Gasteiger partial charge in [0.25, 0.3) is 0 Å². The molecule has 4 nitrogen and oxygen atoms in total. The molecule has 0 saturated heterocycles. The van der Waals surface area contributed by atoms with Crippen molar-refractivity contribution in [2.24, 2.45) is 0 Å². The predicted molar refractivity (Wildman–Crippen MR) is 103 cm³/mol. The van der Waals surface area contributed by atoms with E-state index >= 15 is 0 Å².